The Kier molecular flexibility index (Phi) is 2.99. The Morgan fingerprint density at radius 2 is 2.00 bits per heavy atom. The van der Waals surface area contributed by atoms with Crippen molar-refractivity contribution in [2.75, 3.05) is 0 Å². The minimum absolute atomic E-state index is 0.0455. The van der Waals surface area contributed by atoms with Crippen LogP contribution in [0.3, 0.4) is 0 Å². The van der Waals surface area contributed by atoms with Gasteiger partial charge in [-0.3, -0.25) is 9.36 Å². The molecule has 0 fully saturated rings. The van der Waals surface area contributed by atoms with Gasteiger partial charge in [0, 0.05) is 6.42 Å². The van der Waals surface area contributed by atoms with E-state index in [0.717, 1.165) is 0 Å². The highest BCUT2D eigenvalue weighted by molar-refractivity contribution is 7.26. The van der Waals surface area contributed by atoms with Crippen LogP contribution in [0, 0.1) is 0 Å². The van der Waals surface area contributed by atoms with Gasteiger partial charge in [0.15, 0.2) is 8.46 Å². The lowest BCUT2D eigenvalue weighted by Gasteiger charge is -2.11. The lowest BCUT2D eigenvalue weighted by atomic mass is 10.1. The number of rotatable bonds is 3. The molecule has 0 atom stereocenters. The van der Waals surface area contributed by atoms with Gasteiger partial charge in [0.05, 0.1) is 5.16 Å². The molecule has 0 aliphatic heterocycles. The van der Waals surface area contributed by atoms with E-state index in [1.54, 1.807) is 13.8 Å². The molecule has 0 aliphatic carbocycles. The molecule has 2 nitrogen and oxygen atoms in total. The van der Waals surface area contributed by atoms with Gasteiger partial charge in [0.25, 0.3) is 0 Å². The molecule has 3 heteroatoms. The summed E-state index contributed by atoms with van der Waals surface area (Å²) in [7, 11) is 0.0455. The van der Waals surface area contributed by atoms with Crippen LogP contribution in [0.15, 0.2) is 0 Å². The first kappa shape index (κ1) is 8.77. The predicted molar refractivity (Wildman–Crippen MR) is 37.0 cm³/mol. The molecule has 0 aliphatic rings. The largest absolute Gasteiger partial charge is 0.300 e. The summed E-state index contributed by atoms with van der Waals surface area (Å²) < 4.78 is 10.3. The van der Waals surface area contributed by atoms with Crippen molar-refractivity contribution in [3.63, 3.8) is 0 Å². The van der Waals surface area contributed by atoms with E-state index in [1.165, 1.54) is 6.92 Å². The summed E-state index contributed by atoms with van der Waals surface area (Å²) in [6.45, 7) is 5.10. The zero-order valence-corrected chi connectivity index (χ0v) is 6.87. The van der Waals surface area contributed by atoms with E-state index in [0.29, 0.717) is 6.42 Å². The van der Waals surface area contributed by atoms with E-state index in [1.807, 2.05) is 0 Å². The van der Waals surface area contributed by atoms with Crippen molar-refractivity contribution in [3.8, 4) is 0 Å². The third-order valence-electron chi connectivity index (χ3n) is 0.929. The van der Waals surface area contributed by atoms with Crippen LogP contribution >= 0.6 is 8.46 Å². The standard InChI is InChI=1S/C6H11O2P/c1-5(7)4-6(2,3)9-8/h4H2,1-3H3. The molecule has 0 radical (unpaired) electrons. The van der Waals surface area contributed by atoms with E-state index in [-0.39, 0.29) is 19.4 Å². The monoisotopic (exact) mass is 146 g/mol. The number of Topliss-reactive ketones (excluding diaryl/α,β-unsaturated/α-hetero) is 1. The zero-order chi connectivity index (χ0) is 7.49. The summed E-state index contributed by atoms with van der Waals surface area (Å²) in [6, 6.07) is 0. The Morgan fingerprint density at radius 3 is 2.11 bits per heavy atom. The second-order valence-corrected chi connectivity index (χ2v) is 4.18. The van der Waals surface area contributed by atoms with Crippen molar-refractivity contribution in [1.82, 2.24) is 0 Å². The average Bonchev–Trinajstić information content (AvgIpc) is 1.63. The molecule has 9 heavy (non-hydrogen) atoms. The first-order chi connectivity index (χ1) is 3.98. The van der Waals surface area contributed by atoms with Crippen LogP contribution in [0.2, 0.25) is 0 Å². The summed E-state index contributed by atoms with van der Waals surface area (Å²) in [5, 5.41) is -0.369. The third kappa shape index (κ3) is 4.28. The van der Waals surface area contributed by atoms with Crippen molar-refractivity contribution < 1.29 is 9.36 Å². The number of carbonyl (C=O) groups excluding carboxylic acids is 1. The number of hydrogen-bond donors (Lipinski definition) is 0. The Balaban J connectivity index is 3.86. The van der Waals surface area contributed by atoms with Crippen molar-refractivity contribution in [1.29, 1.82) is 0 Å². The van der Waals surface area contributed by atoms with Crippen molar-refractivity contribution in [3.05, 3.63) is 0 Å². The summed E-state index contributed by atoms with van der Waals surface area (Å²) in [4.78, 5) is 10.5. The average molecular weight is 146 g/mol. The molecule has 0 aromatic rings. The predicted octanol–water partition coefficient (Wildman–Crippen LogP) is 2.04. The summed E-state index contributed by atoms with van der Waals surface area (Å²) in [5.74, 6) is 0.0864. The Hall–Kier alpha value is -0.230. The van der Waals surface area contributed by atoms with Gasteiger partial charge in [0.2, 0.25) is 0 Å². The van der Waals surface area contributed by atoms with Crippen molar-refractivity contribution in [2.45, 2.75) is 32.3 Å². The fourth-order valence-corrected chi connectivity index (χ4v) is 0.929. The molecule has 0 N–H and O–H groups in total. The highest BCUT2D eigenvalue weighted by atomic mass is 31.1. The molecule has 0 rings (SSSR count). The quantitative estimate of drug-likeness (QED) is 0.571. The highest BCUT2D eigenvalue weighted by Gasteiger charge is 2.19. The van der Waals surface area contributed by atoms with E-state index in [4.69, 9.17) is 0 Å². The molecule has 0 heterocycles. The molecule has 0 saturated heterocycles. The van der Waals surface area contributed by atoms with Gasteiger partial charge in [-0.05, 0) is 20.8 Å². The van der Waals surface area contributed by atoms with Crippen LogP contribution < -0.4 is 0 Å². The molecule has 0 amide bonds. The number of hydrogen-bond acceptors (Lipinski definition) is 2. The molecule has 0 saturated carbocycles. The molecule has 0 aromatic heterocycles. The summed E-state index contributed by atoms with van der Waals surface area (Å²) >= 11 is 0. The van der Waals surface area contributed by atoms with Crippen LogP contribution in [0.4, 0.5) is 0 Å². The van der Waals surface area contributed by atoms with Crippen molar-refractivity contribution >= 4 is 14.2 Å². The topological polar surface area (TPSA) is 34.1 Å². The number of ketones is 1. The van der Waals surface area contributed by atoms with Gasteiger partial charge in [-0.2, -0.15) is 0 Å². The van der Waals surface area contributed by atoms with Crippen molar-refractivity contribution in [2.24, 2.45) is 0 Å². The van der Waals surface area contributed by atoms with Crippen LogP contribution in [0.25, 0.3) is 0 Å². The summed E-state index contributed by atoms with van der Waals surface area (Å²) in [6.07, 6.45) is 0.387. The highest BCUT2D eigenvalue weighted by Crippen LogP contribution is 2.25. The van der Waals surface area contributed by atoms with Crippen LogP contribution in [0.1, 0.15) is 27.2 Å². The molecule has 0 spiro atoms. The van der Waals surface area contributed by atoms with Crippen LogP contribution in [-0.4, -0.2) is 10.9 Å². The molecule has 0 aromatic carbocycles. The Labute approximate surface area is 56.8 Å². The van der Waals surface area contributed by atoms with E-state index < -0.39 is 0 Å². The molecule has 52 valence electrons. The van der Waals surface area contributed by atoms with Gasteiger partial charge in [-0.25, -0.2) is 0 Å². The van der Waals surface area contributed by atoms with Gasteiger partial charge < -0.3 is 0 Å². The SMILES string of the molecule is CC(=O)CC(C)(C)P=O. The van der Waals surface area contributed by atoms with E-state index in [9.17, 15) is 9.36 Å². The molecular weight excluding hydrogens is 135 g/mol. The number of carbonyl (C=O) groups is 1. The fraction of sp³-hybridized carbons (Fsp3) is 0.833. The van der Waals surface area contributed by atoms with Crippen LogP contribution in [0.5, 0.6) is 0 Å². The van der Waals surface area contributed by atoms with Crippen LogP contribution in [-0.2, 0) is 9.36 Å². The maximum Gasteiger partial charge on any atom is 0.161 e. The Bertz CT molecular complexity index is 129. The second kappa shape index (κ2) is 3.07. The second-order valence-electron chi connectivity index (χ2n) is 2.78. The molecule has 0 bridgehead atoms. The molecular formula is C6H11O2P. The molecule has 0 unspecified atom stereocenters. The maximum atomic E-state index is 10.5. The first-order valence-electron chi connectivity index (χ1n) is 2.82. The van der Waals surface area contributed by atoms with Gasteiger partial charge in [-0.1, -0.05) is 0 Å². The van der Waals surface area contributed by atoms with Gasteiger partial charge >= 0.3 is 0 Å². The van der Waals surface area contributed by atoms with E-state index >= 15 is 0 Å². The first-order valence-corrected chi connectivity index (χ1v) is 3.63. The lowest BCUT2D eigenvalue weighted by molar-refractivity contribution is -0.117. The smallest absolute Gasteiger partial charge is 0.161 e. The minimum atomic E-state index is -0.369. The lowest BCUT2D eigenvalue weighted by Crippen LogP contribution is -2.14. The van der Waals surface area contributed by atoms with Gasteiger partial charge in [-0.15, -0.1) is 0 Å². The maximum absolute atomic E-state index is 10.5. The summed E-state index contributed by atoms with van der Waals surface area (Å²) in [5.41, 5.74) is 0. The zero-order valence-electron chi connectivity index (χ0n) is 5.97. The van der Waals surface area contributed by atoms with E-state index in [2.05, 4.69) is 0 Å². The minimum Gasteiger partial charge on any atom is -0.300 e. The Morgan fingerprint density at radius 1 is 1.56 bits per heavy atom. The third-order valence-corrected chi connectivity index (χ3v) is 1.58. The fourth-order valence-electron chi connectivity index (χ4n) is 0.641. The van der Waals surface area contributed by atoms with Gasteiger partial charge in [0.1, 0.15) is 5.78 Å². The normalized spacial score (nSPS) is 11.9.